The van der Waals surface area contributed by atoms with Crippen LogP contribution in [0.25, 0.3) is 0 Å². The van der Waals surface area contributed by atoms with Crippen LogP contribution in [0.4, 0.5) is 0 Å². The summed E-state index contributed by atoms with van der Waals surface area (Å²) in [5, 5.41) is 7.43. The molecule has 3 aromatic carbocycles. The minimum atomic E-state index is -0.473. The van der Waals surface area contributed by atoms with Crippen LogP contribution in [0.5, 0.6) is 11.5 Å². The van der Waals surface area contributed by atoms with Gasteiger partial charge in [-0.25, -0.2) is 5.43 Å². The highest BCUT2D eigenvalue weighted by atomic mass is 35.5. The van der Waals surface area contributed by atoms with Crippen LogP contribution in [0, 0.1) is 0 Å². The van der Waals surface area contributed by atoms with Gasteiger partial charge in [-0.3, -0.25) is 9.59 Å². The number of ether oxygens (including phenoxy) is 2. The van der Waals surface area contributed by atoms with Gasteiger partial charge >= 0.3 is 0 Å². The Labute approximate surface area is 207 Å². The van der Waals surface area contributed by atoms with Gasteiger partial charge in [0.25, 0.3) is 11.8 Å². The van der Waals surface area contributed by atoms with E-state index in [4.69, 9.17) is 32.7 Å². The number of amides is 2. The quantitative estimate of drug-likeness (QED) is 0.308. The Balaban J connectivity index is 1.58. The van der Waals surface area contributed by atoms with Crippen molar-refractivity contribution in [1.29, 1.82) is 0 Å². The van der Waals surface area contributed by atoms with E-state index in [1.807, 2.05) is 19.1 Å². The number of hydrogen-bond donors (Lipinski definition) is 2. The van der Waals surface area contributed by atoms with Crippen LogP contribution in [0.2, 0.25) is 10.0 Å². The molecule has 0 spiro atoms. The molecule has 0 aromatic heterocycles. The standard InChI is InChI=1S/C25H23Cl2N3O4/c1-2-33-22-13-18(12-21(27)24(22)34-16-17-8-10-20(26)11-9-17)14-29-30-23(31)15-28-25(32)19-6-4-3-5-7-19/h3-14H,2,15-16H2,1H3,(H,28,32)(H,30,31)/b29-14-. The SMILES string of the molecule is CCOc1cc(/C=N\NC(=O)CNC(=O)c2ccccc2)cc(Cl)c1OCc1ccc(Cl)cc1. The number of nitrogens with zero attached hydrogens (tertiary/aromatic N) is 1. The third-order valence-electron chi connectivity index (χ3n) is 4.48. The Bertz CT molecular complexity index is 1150. The molecule has 0 fully saturated rings. The monoisotopic (exact) mass is 499 g/mol. The number of hydrazone groups is 1. The van der Waals surface area contributed by atoms with Gasteiger partial charge in [-0.1, -0.05) is 53.5 Å². The van der Waals surface area contributed by atoms with Gasteiger partial charge in [0.15, 0.2) is 11.5 Å². The molecule has 34 heavy (non-hydrogen) atoms. The second-order valence-corrected chi connectivity index (χ2v) is 7.86. The number of rotatable bonds is 10. The molecule has 0 aliphatic rings. The summed E-state index contributed by atoms with van der Waals surface area (Å²) in [6.45, 7) is 2.33. The predicted molar refractivity (Wildman–Crippen MR) is 133 cm³/mol. The van der Waals surface area contributed by atoms with Crippen molar-refractivity contribution in [2.24, 2.45) is 5.10 Å². The van der Waals surface area contributed by atoms with Gasteiger partial charge in [0.1, 0.15) is 6.61 Å². The molecule has 0 aliphatic carbocycles. The lowest BCUT2D eigenvalue weighted by molar-refractivity contribution is -0.120. The van der Waals surface area contributed by atoms with E-state index in [1.54, 1.807) is 54.6 Å². The lowest BCUT2D eigenvalue weighted by Crippen LogP contribution is -2.34. The van der Waals surface area contributed by atoms with Crippen LogP contribution in [0.15, 0.2) is 71.8 Å². The molecule has 3 rings (SSSR count). The first-order chi connectivity index (χ1) is 16.5. The summed E-state index contributed by atoms with van der Waals surface area (Å²) >= 11 is 12.3. The molecule has 7 nitrogen and oxygen atoms in total. The van der Waals surface area contributed by atoms with Gasteiger partial charge in [0.05, 0.1) is 24.4 Å². The Kier molecular flexibility index (Phi) is 9.31. The molecule has 3 aromatic rings. The molecular formula is C25H23Cl2N3O4. The minimum Gasteiger partial charge on any atom is -0.490 e. The van der Waals surface area contributed by atoms with E-state index >= 15 is 0 Å². The zero-order valence-corrected chi connectivity index (χ0v) is 19.9. The molecule has 0 unspecified atom stereocenters. The normalized spacial score (nSPS) is 10.7. The largest absolute Gasteiger partial charge is 0.490 e. The zero-order chi connectivity index (χ0) is 24.3. The average Bonchev–Trinajstić information content (AvgIpc) is 2.84. The average molecular weight is 500 g/mol. The summed E-state index contributed by atoms with van der Waals surface area (Å²) in [4.78, 5) is 24.0. The van der Waals surface area contributed by atoms with Crippen LogP contribution in [0.3, 0.4) is 0 Å². The lowest BCUT2D eigenvalue weighted by atomic mass is 10.2. The number of benzene rings is 3. The maximum absolute atomic E-state index is 12.0. The van der Waals surface area contributed by atoms with E-state index in [1.165, 1.54) is 6.21 Å². The van der Waals surface area contributed by atoms with Gasteiger partial charge in [0.2, 0.25) is 0 Å². The highest BCUT2D eigenvalue weighted by Crippen LogP contribution is 2.37. The van der Waals surface area contributed by atoms with Crippen molar-refractivity contribution in [2.45, 2.75) is 13.5 Å². The van der Waals surface area contributed by atoms with E-state index in [9.17, 15) is 9.59 Å². The van der Waals surface area contributed by atoms with Gasteiger partial charge < -0.3 is 14.8 Å². The smallest absolute Gasteiger partial charge is 0.259 e. The first-order valence-electron chi connectivity index (χ1n) is 10.4. The molecule has 0 bridgehead atoms. The van der Waals surface area contributed by atoms with Crippen molar-refractivity contribution in [1.82, 2.24) is 10.7 Å². The van der Waals surface area contributed by atoms with Crippen molar-refractivity contribution >= 4 is 41.2 Å². The number of nitrogens with one attached hydrogen (secondary N) is 2. The van der Waals surface area contributed by atoms with E-state index in [-0.39, 0.29) is 19.1 Å². The topological polar surface area (TPSA) is 89.0 Å². The van der Waals surface area contributed by atoms with Crippen molar-refractivity contribution in [3.8, 4) is 11.5 Å². The van der Waals surface area contributed by atoms with Crippen LogP contribution >= 0.6 is 23.2 Å². The Morgan fingerprint density at radius 3 is 2.44 bits per heavy atom. The van der Waals surface area contributed by atoms with Crippen LogP contribution in [-0.4, -0.2) is 31.2 Å². The first-order valence-corrected chi connectivity index (χ1v) is 11.2. The zero-order valence-electron chi connectivity index (χ0n) is 18.4. The first kappa shape index (κ1) is 25.1. The molecule has 0 radical (unpaired) electrons. The number of carbonyl (C=O) groups is 2. The molecule has 0 saturated carbocycles. The third kappa shape index (κ3) is 7.50. The summed E-state index contributed by atoms with van der Waals surface area (Å²) in [5.41, 5.74) is 4.36. The lowest BCUT2D eigenvalue weighted by Gasteiger charge is -2.14. The fourth-order valence-corrected chi connectivity index (χ4v) is 3.27. The van der Waals surface area contributed by atoms with Gasteiger partial charge in [0, 0.05) is 10.6 Å². The Hall–Kier alpha value is -3.55. The highest BCUT2D eigenvalue weighted by Gasteiger charge is 2.13. The number of halogens is 2. The van der Waals surface area contributed by atoms with E-state index < -0.39 is 5.91 Å². The Morgan fingerprint density at radius 1 is 1.00 bits per heavy atom. The molecule has 0 heterocycles. The molecule has 0 atom stereocenters. The second-order valence-electron chi connectivity index (χ2n) is 7.02. The van der Waals surface area contributed by atoms with E-state index in [2.05, 4.69) is 15.8 Å². The molecule has 0 saturated heterocycles. The second kappa shape index (κ2) is 12.6. The molecular weight excluding hydrogens is 477 g/mol. The summed E-state index contributed by atoms with van der Waals surface area (Å²) in [7, 11) is 0. The predicted octanol–water partition coefficient (Wildman–Crippen LogP) is 4.85. The molecule has 176 valence electrons. The van der Waals surface area contributed by atoms with Crippen molar-refractivity contribution in [3.63, 3.8) is 0 Å². The summed E-state index contributed by atoms with van der Waals surface area (Å²) < 4.78 is 11.6. The molecule has 0 aliphatic heterocycles. The van der Waals surface area contributed by atoms with Crippen molar-refractivity contribution in [3.05, 3.63) is 93.5 Å². The highest BCUT2D eigenvalue weighted by molar-refractivity contribution is 6.32. The van der Waals surface area contributed by atoms with Crippen molar-refractivity contribution < 1.29 is 19.1 Å². The number of carbonyl (C=O) groups excluding carboxylic acids is 2. The van der Waals surface area contributed by atoms with Gasteiger partial charge in [-0.05, 0) is 54.4 Å². The van der Waals surface area contributed by atoms with Crippen LogP contribution < -0.4 is 20.2 Å². The molecule has 9 heteroatoms. The van der Waals surface area contributed by atoms with Gasteiger partial charge in [-0.15, -0.1) is 0 Å². The maximum Gasteiger partial charge on any atom is 0.259 e. The summed E-state index contributed by atoms with van der Waals surface area (Å²) in [5.74, 6) is 0.0387. The Morgan fingerprint density at radius 2 is 1.74 bits per heavy atom. The summed E-state index contributed by atoms with van der Waals surface area (Å²) in [6, 6.07) is 19.3. The molecule has 2 N–H and O–H groups in total. The van der Waals surface area contributed by atoms with Gasteiger partial charge in [-0.2, -0.15) is 5.10 Å². The van der Waals surface area contributed by atoms with Crippen molar-refractivity contribution in [2.75, 3.05) is 13.2 Å². The fraction of sp³-hybridized carbons (Fsp3) is 0.160. The van der Waals surface area contributed by atoms with E-state index in [0.717, 1.165) is 5.56 Å². The van der Waals surface area contributed by atoms with Crippen LogP contribution in [0.1, 0.15) is 28.4 Å². The minimum absolute atomic E-state index is 0.215. The third-order valence-corrected chi connectivity index (χ3v) is 5.01. The fourth-order valence-electron chi connectivity index (χ4n) is 2.87. The number of hydrogen-bond acceptors (Lipinski definition) is 5. The van der Waals surface area contributed by atoms with Crippen LogP contribution in [-0.2, 0) is 11.4 Å². The van der Waals surface area contributed by atoms with E-state index in [0.29, 0.717) is 39.3 Å². The summed E-state index contributed by atoms with van der Waals surface area (Å²) in [6.07, 6.45) is 1.42. The molecule has 2 amide bonds. The maximum atomic E-state index is 12.0.